The van der Waals surface area contributed by atoms with E-state index in [0.717, 1.165) is 31.1 Å². The van der Waals surface area contributed by atoms with Crippen LogP contribution < -0.4 is 0 Å². The first-order valence-corrected chi connectivity index (χ1v) is 15.1. The van der Waals surface area contributed by atoms with Crippen LogP contribution in [0.4, 0.5) is 0 Å². The molecule has 0 aromatic heterocycles. The number of aliphatic hydroxyl groups excluding tert-OH is 1. The molecule has 4 rings (SSSR count). The molecule has 0 radical (unpaired) electrons. The first kappa shape index (κ1) is 30.1. The number of fused-ring (bicyclic) bond motifs is 5. The first-order valence-electron chi connectivity index (χ1n) is 15.1. The van der Waals surface area contributed by atoms with Gasteiger partial charge < -0.3 is 28.8 Å². The van der Waals surface area contributed by atoms with Gasteiger partial charge in [-0.1, -0.05) is 25.5 Å². The molecule has 7 nitrogen and oxygen atoms in total. The molecular weight excluding hydrogens is 484 g/mol. The van der Waals surface area contributed by atoms with Gasteiger partial charge in [0.15, 0.2) is 0 Å². The average molecular weight is 537 g/mol. The SMILES string of the molecule is CC(=O)[C@H]1CC[C@H]2[C@@H]3CC=C4C[C@@H](OCCOCCOCCOCCOCCO)CC[C@]4(C)[C@H]3CC[C@]12C. The van der Waals surface area contributed by atoms with E-state index in [1.165, 1.54) is 32.1 Å². The molecule has 0 aromatic rings. The zero-order chi connectivity index (χ0) is 27.0. The van der Waals surface area contributed by atoms with Crippen LogP contribution in [0.5, 0.6) is 0 Å². The van der Waals surface area contributed by atoms with Crippen molar-refractivity contribution in [1.82, 2.24) is 0 Å². The molecule has 7 atom stereocenters. The van der Waals surface area contributed by atoms with Gasteiger partial charge in [-0.15, -0.1) is 0 Å². The lowest BCUT2D eigenvalue weighted by molar-refractivity contribution is -0.127. The maximum Gasteiger partial charge on any atom is 0.133 e. The summed E-state index contributed by atoms with van der Waals surface area (Å²) in [6.07, 6.45) is 12.3. The largest absolute Gasteiger partial charge is 0.394 e. The van der Waals surface area contributed by atoms with Gasteiger partial charge in [0.1, 0.15) is 5.78 Å². The van der Waals surface area contributed by atoms with Crippen LogP contribution in [0.3, 0.4) is 0 Å². The Morgan fingerprint density at radius 2 is 1.47 bits per heavy atom. The Labute approximate surface area is 229 Å². The fourth-order valence-corrected chi connectivity index (χ4v) is 8.54. The predicted molar refractivity (Wildman–Crippen MR) is 146 cm³/mol. The van der Waals surface area contributed by atoms with Gasteiger partial charge in [-0.2, -0.15) is 0 Å². The van der Waals surface area contributed by atoms with Crippen molar-refractivity contribution in [3.63, 3.8) is 0 Å². The highest BCUT2D eigenvalue weighted by molar-refractivity contribution is 5.79. The monoisotopic (exact) mass is 536 g/mol. The standard InChI is InChI=1S/C31H52O7/c1-23(33)27-6-7-28-26-5-4-24-22-25(8-10-30(24,2)29(26)9-11-31(27,28)3)38-21-20-37-19-18-36-17-16-35-15-14-34-13-12-32/h4,25-29,32H,5-22H2,1-3H3/t25-,26-,27+,28-,29-,30-,31+/m0/s1. The van der Waals surface area contributed by atoms with Gasteiger partial charge in [0.2, 0.25) is 0 Å². The normalized spacial score (nSPS) is 36.3. The van der Waals surface area contributed by atoms with Crippen LogP contribution in [0.25, 0.3) is 0 Å². The number of carbonyl (C=O) groups is 1. The summed E-state index contributed by atoms with van der Waals surface area (Å²) in [6.45, 7) is 11.6. The molecule has 218 valence electrons. The molecule has 0 amide bonds. The van der Waals surface area contributed by atoms with Crippen molar-refractivity contribution < 1.29 is 33.6 Å². The Balaban J connectivity index is 1.11. The van der Waals surface area contributed by atoms with E-state index < -0.39 is 0 Å². The lowest BCUT2D eigenvalue weighted by Gasteiger charge is -2.58. The zero-order valence-corrected chi connectivity index (χ0v) is 24.1. The fourth-order valence-electron chi connectivity index (χ4n) is 8.54. The van der Waals surface area contributed by atoms with Crippen LogP contribution in [0.15, 0.2) is 11.6 Å². The van der Waals surface area contributed by atoms with Crippen molar-refractivity contribution >= 4 is 5.78 Å². The summed E-state index contributed by atoms with van der Waals surface area (Å²) in [5.41, 5.74) is 2.17. The van der Waals surface area contributed by atoms with E-state index in [4.69, 9.17) is 28.8 Å². The Morgan fingerprint density at radius 1 is 0.842 bits per heavy atom. The molecule has 38 heavy (non-hydrogen) atoms. The van der Waals surface area contributed by atoms with Gasteiger partial charge >= 0.3 is 0 Å². The van der Waals surface area contributed by atoms with E-state index in [0.29, 0.717) is 82.7 Å². The van der Waals surface area contributed by atoms with Gasteiger partial charge in [0, 0.05) is 5.92 Å². The molecule has 0 saturated heterocycles. The second-order valence-electron chi connectivity index (χ2n) is 12.5. The van der Waals surface area contributed by atoms with Crippen molar-refractivity contribution in [2.24, 2.45) is 34.5 Å². The summed E-state index contributed by atoms with van der Waals surface area (Å²) in [7, 11) is 0. The number of rotatable bonds is 16. The third-order valence-electron chi connectivity index (χ3n) is 10.5. The first-order chi connectivity index (χ1) is 18.4. The van der Waals surface area contributed by atoms with E-state index in [-0.39, 0.29) is 17.9 Å². The molecule has 0 unspecified atom stereocenters. The lowest BCUT2D eigenvalue weighted by atomic mass is 9.47. The number of ether oxygens (including phenoxy) is 5. The minimum atomic E-state index is 0.0398. The summed E-state index contributed by atoms with van der Waals surface area (Å²) in [5.74, 6) is 2.93. The highest BCUT2D eigenvalue weighted by atomic mass is 16.6. The molecule has 0 aromatic carbocycles. The second kappa shape index (κ2) is 14.2. The molecule has 0 bridgehead atoms. The van der Waals surface area contributed by atoms with Crippen molar-refractivity contribution in [1.29, 1.82) is 0 Å². The number of allylic oxidation sites excluding steroid dienone is 1. The van der Waals surface area contributed by atoms with Crippen LogP contribution in [0.1, 0.15) is 72.1 Å². The maximum atomic E-state index is 12.4. The van der Waals surface area contributed by atoms with Gasteiger partial charge in [0.25, 0.3) is 0 Å². The number of hydrogen-bond donors (Lipinski definition) is 1. The van der Waals surface area contributed by atoms with E-state index in [1.807, 2.05) is 6.92 Å². The second-order valence-corrected chi connectivity index (χ2v) is 12.5. The van der Waals surface area contributed by atoms with Gasteiger partial charge in [-0.25, -0.2) is 0 Å². The number of carbonyl (C=O) groups excluding carboxylic acids is 1. The van der Waals surface area contributed by atoms with Crippen molar-refractivity contribution in [3.05, 3.63) is 11.6 Å². The topological polar surface area (TPSA) is 83.5 Å². The Hall–Kier alpha value is -0.830. The highest BCUT2D eigenvalue weighted by Crippen LogP contribution is 2.66. The van der Waals surface area contributed by atoms with E-state index >= 15 is 0 Å². The summed E-state index contributed by atoms with van der Waals surface area (Å²) in [4.78, 5) is 12.4. The Bertz CT molecular complexity index is 784. The average Bonchev–Trinajstić information content (AvgIpc) is 3.26. The molecular formula is C31H52O7. The molecule has 4 aliphatic rings. The number of aliphatic hydroxyl groups is 1. The van der Waals surface area contributed by atoms with Gasteiger partial charge in [0.05, 0.1) is 72.2 Å². The summed E-state index contributed by atoms with van der Waals surface area (Å²) < 4.78 is 28.0. The minimum absolute atomic E-state index is 0.0398. The van der Waals surface area contributed by atoms with Crippen LogP contribution in [-0.4, -0.2) is 83.1 Å². The molecule has 3 fully saturated rings. The summed E-state index contributed by atoms with van der Waals surface area (Å²) in [5, 5.41) is 8.63. The van der Waals surface area contributed by atoms with Crippen molar-refractivity contribution in [2.45, 2.75) is 78.2 Å². The smallest absolute Gasteiger partial charge is 0.133 e. The van der Waals surface area contributed by atoms with Crippen LogP contribution in [0.2, 0.25) is 0 Å². The van der Waals surface area contributed by atoms with Crippen LogP contribution >= 0.6 is 0 Å². The minimum Gasteiger partial charge on any atom is -0.394 e. The summed E-state index contributed by atoms with van der Waals surface area (Å²) in [6, 6.07) is 0. The third kappa shape index (κ3) is 6.90. The third-order valence-corrected chi connectivity index (χ3v) is 10.5. The molecule has 0 spiro atoms. The lowest BCUT2D eigenvalue weighted by Crippen LogP contribution is -2.51. The van der Waals surface area contributed by atoms with Crippen molar-refractivity contribution in [3.8, 4) is 0 Å². The van der Waals surface area contributed by atoms with E-state index in [1.54, 1.807) is 5.57 Å². The number of hydrogen-bond acceptors (Lipinski definition) is 7. The van der Waals surface area contributed by atoms with E-state index in [2.05, 4.69) is 19.9 Å². The highest BCUT2D eigenvalue weighted by Gasteiger charge is 2.59. The number of ketones is 1. The number of Topliss-reactive ketones (excluding diaryl/α,β-unsaturated/α-hetero) is 1. The summed E-state index contributed by atoms with van der Waals surface area (Å²) >= 11 is 0. The molecule has 7 heteroatoms. The Kier molecular flexibility index (Phi) is 11.2. The van der Waals surface area contributed by atoms with Crippen LogP contribution in [0, 0.1) is 34.5 Å². The molecule has 3 saturated carbocycles. The predicted octanol–water partition coefficient (Wildman–Crippen LogP) is 4.60. The molecule has 4 aliphatic carbocycles. The zero-order valence-electron chi connectivity index (χ0n) is 24.1. The molecule has 0 heterocycles. The quantitative estimate of drug-likeness (QED) is 0.228. The maximum absolute atomic E-state index is 12.4. The van der Waals surface area contributed by atoms with Gasteiger partial charge in [-0.05, 0) is 86.9 Å². The van der Waals surface area contributed by atoms with Crippen LogP contribution in [-0.2, 0) is 28.5 Å². The molecule has 0 aliphatic heterocycles. The van der Waals surface area contributed by atoms with E-state index in [9.17, 15) is 4.79 Å². The fraction of sp³-hybridized carbons (Fsp3) is 0.903. The Morgan fingerprint density at radius 3 is 2.11 bits per heavy atom. The molecule has 1 N–H and O–H groups in total. The van der Waals surface area contributed by atoms with Gasteiger partial charge in [-0.3, -0.25) is 4.79 Å². The van der Waals surface area contributed by atoms with Crippen molar-refractivity contribution in [2.75, 3.05) is 66.1 Å².